The van der Waals surface area contributed by atoms with Gasteiger partial charge in [-0.15, -0.1) is 0 Å². The van der Waals surface area contributed by atoms with Gasteiger partial charge >= 0.3 is 12.3 Å². The lowest BCUT2D eigenvalue weighted by Gasteiger charge is -2.34. The molecule has 6 N–H and O–H groups in total. The topological polar surface area (TPSA) is 186 Å². The monoisotopic (exact) mass is 646 g/mol. The molecule has 1 saturated carbocycles. The average molecular weight is 647 g/mol. The summed E-state index contributed by atoms with van der Waals surface area (Å²) in [6.45, 7) is 3.65. The predicted molar refractivity (Wildman–Crippen MR) is 155 cm³/mol. The number of amides is 5. The summed E-state index contributed by atoms with van der Waals surface area (Å²) in [5, 5.41) is 22.0. The first-order chi connectivity index (χ1) is 21.1. The van der Waals surface area contributed by atoms with Gasteiger partial charge in [-0.3, -0.25) is 24.0 Å². The number of nitrogens with zero attached hydrogens (tertiary/aromatic N) is 1. The smallest absolute Gasteiger partial charge is 0.405 e. The van der Waals surface area contributed by atoms with Crippen LogP contribution in [-0.2, 0) is 24.0 Å². The molecular weight excluding hydrogens is 601 g/mol. The number of hydrogen-bond donors (Lipinski definition) is 6. The molecule has 0 spiro atoms. The van der Waals surface area contributed by atoms with Crippen LogP contribution < -0.4 is 26.6 Å². The van der Waals surface area contributed by atoms with Gasteiger partial charge in [-0.05, 0) is 57.5 Å². The molecule has 0 unspecified atom stereocenters. The van der Waals surface area contributed by atoms with E-state index in [0.717, 1.165) is 25.7 Å². The van der Waals surface area contributed by atoms with E-state index in [4.69, 9.17) is 0 Å². The predicted octanol–water partition coefficient (Wildman–Crippen LogP) is 1.07. The summed E-state index contributed by atoms with van der Waals surface area (Å²) >= 11 is 0. The molecule has 4 atom stereocenters. The van der Waals surface area contributed by atoms with Crippen LogP contribution in [0.4, 0.5) is 18.0 Å². The molecule has 0 radical (unpaired) electrons. The summed E-state index contributed by atoms with van der Waals surface area (Å²) in [4.78, 5) is 78.4. The third-order valence-corrected chi connectivity index (χ3v) is 8.61. The van der Waals surface area contributed by atoms with Crippen LogP contribution in [0.15, 0.2) is 0 Å². The summed E-state index contributed by atoms with van der Waals surface area (Å²) in [6.07, 6.45) is -2.80. The summed E-state index contributed by atoms with van der Waals surface area (Å²) in [6, 6.07) is -4.02. The number of ketones is 1. The maximum atomic E-state index is 13.6. The van der Waals surface area contributed by atoms with Gasteiger partial charge in [-0.25, -0.2) is 4.79 Å². The molecule has 13 nitrogen and oxygen atoms in total. The molecule has 2 saturated heterocycles. The van der Waals surface area contributed by atoms with Gasteiger partial charge in [0.25, 0.3) is 0 Å². The Morgan fingerprint density at radius 3 is 2.04 bits per heavy atom. The van der Waals surface area contributed by atoms with E-state index in [1.54, 1.807) is 18.7 Å². The van der Waals surface area contributed by atoms with Crippen LogP contribution in [0.1, 0.15) is 71.6 Å². The van der Waals surface area contributed by atoms with E-state index in [9.17, 15) is 47.0 Å². The van der Waals surface area contributed by atoms with Crippen LogP contribution in [0, 0.1) is 17.8 Å². The summed E-state index contributed by atoms with van der Waals surface area (Å²) in [7, 11) is 0. The first kappa shape index (κ1) is 36.0. The number of likely N-dealkylation sites (tertiary alicyclic amines) is 1. The normalized spacial score (nSPS) is 21.9. The van der Waals surface area contributed by atoms with E-state index in [1.807, 2.05) is 0 Å². The van der Waals surface area contributed by atoms with Gasteiger partial charge in [-0.1, -0.05) is 26.7 Å². The molecule has 254 valence electrons. The molecule has 5 amide bonds. The van der Waals surface area contributed by atoms with Gasteiger partial charge in [-0.2, -0.15) is 13.2 Å². The van der Waals surface area contributed by atoms with Crippen molar-refractivity contribution >= 4 is 35.5 Å². The molecule has 45 heavy (non-hydrogen) atoms. The molecule has 0 aromatic rings. The zero-order chi connectivity index (χ0) is 33.3. The first-order valence-electron chi connectivity index (χ1n) is 15.6. The maximum absolute atomic E-state index is 13.6. The van der Waals surface area contributed by atoms with Crippen LogP contribution in [0.5, 0.6) is 0 Å². The van der Waals surface area contributed by atoms with Crippen molar-refractivity contribution in [1.29, 1.82) is 0 Å². The SMILES string of the molecule is CC(C)C[C@H](NC(=O)[C@H](CN1CCC(C(F)(F)F)CC1)NC(=O)O)C(=O)N[C@@H](CC(=O)NC1CCCC1)C(=O)[C@@H]1CCNC1=O. The standard InChI is InChI=1S/C29H45F3N6O7/c1-16(2)13-21(36-27(43)22(37-28(44)45)15-38-11-8-17(9-12-38)29(30,31)32)26(42)35-20(24(40)19-7-10-33-25(19)41)14-23(39)34-18-5-3-4-6-18/h16-22,37H,3-15H2,1-2H3,(H,33,41)(H,34,39)(H,35,42)(H,36,43)(H,44,45)/t19-,20-,21-,22-/m0/s1. The van der Waals surface area contributed by atoms with Crippen molar-refractivity contribution in [1.82, 2.24) is 31.5 Å². The molecule has 3 rings (SSSR count). The molecule has 0 aromatic carbocycles. The van der Waals surface area contributed by atoms with E-state index in [1.165, 1.54) is 0 Å². The number of carbonyl (C=O) groups is 6. The van der Waals surface area contributed by atoms with Crippen molar-refractivity contribution in [2.75, 3.05) is 26.2 Å². The fraction of sp³-hybridized carbons (Fsp3) is 0.793. The zero-order valence-corrected chi connectivity index (χ0v) is 25.7. The highest BCUT2D eigenvalue weighted by molar-refractivity contribution is 6.07. The number of carboxylic acid groups (broad SMARTS) is 1. The van der Waals surface area contributed by atoms with Crippen molar-refractivity contribution in [3.8, 4) is 0 Å². The van der Waals surface area contributed by atoms with Gasteiger partial charge in [0.1, 0.15) is 18.0 Å². The lowest BCUT2D eigenvalue weighted by Crippen LogP contribution is -2.59. The zero-order valence-electron chi connectivity index (χ0n) is 25.7. The molecule has 0 aromatic heterocycles. The Balaban J connectivity index is 1.71. The highest BCUT2D eigenvalue weighted by Gasteiger charge is 2.42. The van der Waals surface area contributed by atoms with Crippen molar-refractivity contribution in [2.45, 2.75) is 102 Å². The molecule has 16 heteroatoms. The molecule has 3 aliphatic rings. The van der Waals surface area contributed by atoms with Crippen LogP contribution in [0.3, 0.4) is 0 Å². The number of halogens is 3. The minimum atomic E-state index is -4.34. The second kappa shape index (κ2) is 16.2. The van der Waals surface area contributed by atoms with Crippen LogP contribution >= 0.6 is 0 Å². The number of hydrogen-bond acceptors (Lipinski definition) is 7. The van der Waals surface area contributed by atoms with Crippen molar-refractivity contribution in [3.05, 3.63) is 0 Å². The second-order valence-electron chi connectivity index (χ2n) is 12.7. The molecule has 2 heterocycles. The number of piperidine rings is 1. The molecular formula is C29H45F3N6O7. The lowest BCUT2D eigenvalue weighted by molar-refractivity contribution is -0.185. The number of nitrogens with one attached hydrogen (secondary N) is 5. The fourth-order valence-electron chi connectivity index (χ4n) is 6.16. The summed E-state index contributed by atoms with van der Waals surface area (Å²) in [5.74, 6) is -5.89. The third-order valence-electron chi connectivity index (χ3n) is 8.61. The molecule has 2 aliphatic heterocycles. The van der Waals surface area contributed by atoms with E-state index < -0.39 is 78.1 Å². The Morgan fingerprint density at radius 1 is 0.911 bits per heavy atom. The second-order valence-corrected chi connectivity index (χ2v) is 12.7. The Kier molecular flexibility index (Phi) is 13.0. The molecule has 1 aliphatic carbocycles. The van der Waals surface area contributed by atoms with Gasteiger partial charge in [0.15, 0.2) is 5.78 Å². The molecule has 3 fully saturated rings. The number of Topliss-reactive ketones (excluding diaryl/α,β-unsaturated/α-hetero) is 1. The third kappa shape index (κ3) is 11.2. The van der Waals surface area contributed by atoms with Crippen LogP contribution in [-0.4, -0.2) is 102 Å². The Labute approximate surface area is 260 Å². The number of carbonyl (C=O) groups excluding carboxylic acids is 5. The van der Waals surface area contributed by atoms with Gasteiger partial charge in [0, 0.05) is 19.1 Å². The fourth-order valence-corrected chi connectivity index (χ4v) is 6.16. The Morgan fingerprint density at radius 2 is 1.51 bits per heavy atom. The summed E-state index contributed by atoms with van der Waals surface area (Å²) < 4.78 is 39.3. The van der Waals surface area contributed by atoms with Crippen LogP contribution in [0.25, 0.3) is 0 Å². The van der Waals surface area contributed by atoms with Crippen molar-refractivity contribution < 1.29 is 47.0 Å². The quantitative estimate of drug-likeness (QED) is 0.151. The van der Waals surface area contributed by atoms with E-state index in [2.05, 4.69) is 26.6 Å². The van der Waals surface area contributed by atoms with E-state index in [-0.39, 0.29) is 63.8 Å². The lowest BCUT2D eigenvalue weighted by atomic mass is 9.93. The highest BCUT2D eigenvalue weighted by Crippen LogP contribution is 2.34. The Hall–Kier alpha value is -3.43. The average Bonchev–Trinajstić information content (AvgIpc) is 3.62. The highest BCUT2D eigenvalue weighted by atomic mass is 19.4. The minimum absolute atomic E-state index is 0.00657. The van der Waals surface area contributed by atoms with Gasteiger partial charge < -0.3 is 36.6 Å². The minimum Gasteiger partial charge on any atom is -0.465 e. The number of rotatable bonds is 14. The Bertz CT molecular complexity index is 1090. The van der Waals surface area contributed by atoms with Gasteiger partial charge in [0.2, 0.25) is 23.6 Å². The van der Waals surface area contributed by atoms with E-state index >= 15 is 0 Å². The van der Waals surface area contributed by atoms with Crippen molar-refractivity contribution in [3.63, 3.8) is 0 Å². The first-order valence-corrected chi connectivity index (χ1v) is 15.6. The molecule has 0 bridgehead atoms. The largest absolute Gasteiger partial charge is 0.465 e. The maximum Gasteiger partial charge on any atom is 0.405 e. The number of alkyl halides is 3. The van der Waals surface area contributed by atoms with Crippen molar-refractivity contribution in [2.24, 2.45) is 17.8 Å². The van der Waals surface area contributed by atoms with Crippen LogP contribution in [0.2, 0.25) is 0 Å². The summed E-state index contributed by atoms with van der Waals surface area (Å²) in [5.41, 5.74) is 0. The van der Waals surface area contributed by atoms with E-state index in [0.29, 0.717) is 0 Å². The van der Waals surface area contributed by atoms with Gasteiger partial charge in [0.05, 0.1) is 18.4 Å².